The van der Waals surface area contributed by atoms with E-state index in [1.54, 1.807) is 12.1 Å². The van der Waals surface area contributed by atoms with Gasteiger partial charge < -0.3 is 9.84 Å². The molecule has 1 N–H and O–H groups in total. The van der Waals surface area contributed by atoms with Gasteiger partial charge in [0.25, 0.3) is 0 Å². The van der Waals surface area contributed by atoms with E-state index in [2.05, 4.69) is 4.98 Å². The number of carboxylic acids is 1. The van der Waals surface area contributed by atoms with Crippen molar-refractivity contribution in [1.82, 2.24) is 4.98 Å². The summed E-state index contributed by atoms with van der Waals surface area (Å²) in [5.41, 5.74) is 0.778. The first-order chi connectivity index (χ1) is 13.3. The summed E-state index contributed by atoms with van der Waals surface area (Å²) in [6, 6.07) is 7.29. The Balaban J connectivity index is 1.85. The van der Waals surface area contributed by atoms with Crippen molar-refractivity contribution in [3.05, 3.63) is 93.5 Å². The molecule has 0 atom stereocenters. The van der Waals surface area contributed by atoms with Crippen LogP contribution in [0.15, 0.2) is 48.8 Å². The minimum absolute atomic E-state index is 0.0254. The van der Waals surface area contributed by atoms with Crippen LogP contribution in [-0.4, -0.2) is 16.1 Å². The molecule has 0 saturated carbocycles. The number of aromatic carboxylic acids is 1. The number of hydrogen-bond donors (Lipinski definition) is 1. The van der Waals surface area contributed by atoms with E-state index in [0.29, 0.717) is 34.0 Å². The van der Waals surface area contributed by atoms with Crippen LogP contribution in [0.2, 0.25) is 5.02 Å². The highest BCUT2D eigenvalue weighted by Gasteiger charge is 2.14. The van der Waals surface area contributed by atoms with Crippen LogP contribution in [0.1, 0.15) is 27.0 Å². The van der Waals surface area contributed by atoms with Crippen molar-refractivity contribution in [3.8, 4) is 5.75 Å². The summed E-state index contributed by atoms with van der Waals surface area (Å²) in [4.78, 5) is 15.0. The lowest BCUT2D eigenvalue weighted by atomic mass is 10.0. The molecule has 0 fully saturated rings. The molecule has 0 unspecified atom stereocenters. The topological polar surface area (TPSA) is 59.4 Å². The molecule has 8 heteroatoms. The van der Waals surface area contributed by atoms with Gasteiger partial charge in [0.15, 0.2) is 0 Å². The maximum absolute atomic E-state index is 13.8. The van der Waals surface area contributed by atoms with Gasteiger partial charge in [-0.15, -0.1) is 0 Å². The highest BCUT2D eigenvalue weighted by molar-refractivity contribution is 6.30. The lowest BCUT2D eigenvalue weighted by molar-refractivity contribution is 0.0696. The van der Waals surface area contributed by atoms with E-state index in [0.717, 1.165) is 0 Å². The van der Waals surface area contributed by atoms with Crippen LogP contribution < -0.4 is 4.74 Å². The second kappa shape index (κ2) is 8.31. The molecule has 0 aliphatic carbocycles. The van der Waals surface area contributed by atoms with E-state index in [9.17, 15) is 18.0 Å². The average molecular weight is 408 g/mol. The fourth-order valence-electron chi connectivity index (χ4n) is 2.61. The Morgan fingerprint density at radius 2 is 1.79 bits per heavy atom. The highest BCUT2D eigenvalue weighted by atomic mass is 35.5. The number of ether oxygens (including phenoxy) is 1. The summed E-state index contributed by atoms with van der Waals surface area (Å²) >= 11 is 6.02. The molecular formula is C20H13ClF3NO3. The number of benzene rings is 2. The molecule has 144 valence electrons. The first-order valence-electron chi connectivity index (χ1n) is 8.05. The van der Waals surface area contributed by atoms with E-state index >= 15 is 0 Å². The van der Waals surface area contributed by atoms with Gasteiger partial charge in [-0.25, -0.2) is 18.0 Å². The molecule has 3 aromatic rings. The van der Waals surface area contributed by atoms with E-state index in [4.69, 9.17) is 21.4 Å². The van der Waals surface area contributed by atoms with Gasteiger partial charge in [-0.3, -0.25) is 4.98 Å². The molecule has 2 aromatic carbocycles. The van der Waals surface area contributed by atoms with E-state index in [1.165, 1.54) is 24.5 Å². The Hall–Kier alpha value is -3.06. The second-order valence-corrected chi connectivity index (χ2v) is 6.39. The third kappa shape index (κ3) is 4.61. The zero-order chi connectivity index (χ0) is 20.3. The molecule has 0 bridgehead atoms. The molecule has 3 rings (SSSR count). The molecule has 1 aromatic heterocycles. The Morgan fingerprint density at radius 1 is 1.07 bits per heavy atom. The number of halogens is 4. The maximum atomic E-state index is 13.8. The summed E-state index contributed by atoms with van der Waals surface area (Å²) in [6.45, 7) is -0.458. The minimum Gasteiger partial charge on any atom is -0.488 e. The quantitative estimate of drug-likeness (QED) is 0.623. The third-order valence-corrected chi connectivity index (χ3v) is 4.17. The van der Waals surface area contributed by atoms with Gasteiger partial charge in [0.1, 0.15) is 29.8 Å². The summed E-state index contributed by atoms with van der Waals surface area (Å²) in [5, 5.41) is 9.48. The van der Waals surface area contributed by atoms with Crippen molar-refractivity contribution in [2.75, 3.05) is 0 Å². The number of pyridine rings is 1. The summed E-state index contributed by atoms with van der Waals surface area (Å²) in [5.74, 6) is -3.93. The minimum atomic E-state index is -1.11. The summed E-state index contributed by atoms with van der Waals surface area (Å²) < 4.78 is 46.2. The predicted octanol–water partition coefficient (Wildman–Crippen LogP) is 5.02. The van der Waals surface area contributed by atoms with Crippen LogP contribution in [0.5, 0.6) is 5.75 Å². The number of nitrogens with zero attached hydrogens (tertiary/aromatic N) is 1. The SMILES string of the molecule is O=C(O)c1cncc(Cc2cc(Cl)ccc2OCc2c(F)cc(F)cc2F)c1. The predicted molar refractivity (Wildman–Crippen MR) is 96.1 cm³/mol. The van der Waals surface area contributed by atoms with Gasteiger partial charge in [-0.05, 0) is 29.8 Å². The number of carboxylic acid groups (broad SMARTS) is 1. The molecular weight excluding hydrogens is 395 g/mol. The van der Waals surface area contributed by atoms with Crippen molar-refractivity contribution in [2.45, 2.75) is 13.0 Å². The van der Waals surface area contributed by atoms with Crippen molar-refractivity contribution >= 4 is 17.6 Å². The Kier molecular flexibility index (Phi) is 5.84. The van der Waals surface area contributed by atoms with Crippen LogP contribution >= 0.6 is 11.6 Å². The van der Waals surface area contributed by atoms with Gasteiger partial charge in [0.05, 0.1) is 11.1 Å². The number of aromatic nitrogens is 1. The fraction of sp³-hybridized carbons (Fsp3) is 0.100. The molecule has 0 aliphatic rings. The third-order valence-electron chi connectivity index (χ3n) is 3.94. The van der Waals surface area contributed by atoms with Gasteiger partial charge in [-0.1, -0.05) is 11.6 Å². The van der Waals surface area contributed by atoms with Gasteiger partial charge in [-0.2, -0.15) is 0 Å². The number of rotatable bonds is 6. The molecule has 0 spiro atoms. The number of carbonyl (C=O) groups is 1. The first kappa shape index (κ1) is 19.7. The first-order valence-corrected chi connectivity index (χ1v) is 8.43. The zero-order valence-corrected chi connectivity index (χ0v) is 15.0. The normalized spacial score (nSPS) is 10.7. The second-order valence-electron chi connectivity index (χ2n) is 5.95. The average Bonchev–Trinajstić information content (AvgIpc) is 2.62. The molecule has 4 nitrogen and oxygen atoms in total. The lowest BCUT2D eigenvalue weighted by Gasteiger charge is -2.13. The molecule has 1 heterocycles. The van der Waals surface area contributed by atoms with Crippen LogP contribution in [0.25, 0.3) is 0 Å². The standard InChI is InChI=1S/C20H13ClF3NO3/c21-14-1-2-19(28-10-16-17(23)6-15(22)7-18(16)24)12(5-14)3-11-4-13(20(26)27)9-25-8-11/h1-2,4-9H,3,10H2,(H,26,27). The number of hydrogen-bond acceptors (Lipinski definition) is 3. The highest BCUT2D eigenvalue weighted by Crippen LogP contribution is 2.27. The molecule has 0 radical (unpaired) electrons. The zero-order valence-electron chi connectivity index (χ0n) is 14.3. The summed E-state index contributed by atoms with van der Waals surface area (Å²) in [6.07, 6.45) is 2.95. The van der Waals surface area contributed by atoms with Crippen molar-refractivity contribution < 1.29 is 27.8 Å². The molecule has 28 heavy (non-hydrogen) atoms. The molecule has 0 amide bonds. The van der Waals surface area contributed by atoms with E-state index in [-0.39, 0.29) is 12.0 Å². The van der Waals surface area contributed by atoms with Crippen LogP contribution in [0, 0.1) is 17.5 Å². The fourth-order valence-corrected chi connectivity index (χ4v) is 2.80. The molecule has 0 aliphatic heterocycles. The van der Waals surface area contributed by atoms with Crippen molar-refractivity contribution in [2.24, 2.45) is 0 Å². The Labute approximate surface area is 163 Å². The maximum Gasteiger partial charge on any atom is 0.337 e. The lowest BCUT2D eigenvalue weighted by Crippen LogP contribution is -2.05. The van der Waals surface area contributed by atoms with Gasteiger partial charge in [0, 0.05) is 41.5 Å². The van der Waals surface area contributed by atoms with Gasteiger partial charge >= 0.3 is 5.97 Å². The van der Waals surface area contributed by atoms with Crippen molar-refractivity contribution in [1.29, 1.82) is 0 Å². The van der Waals surface area contributed by atoms with Crippen LogP contribution in [0.3, 0.4) is 0 Å². The Bertz CT molecular complexity index is 1020. The van der Waals surface area contributed by atoms with Crippen LogP contribution in [0.4, 0.5) is 13.2 Å². The van der Waals surface area contributed by atoms with Crippen LogP contribution in [-0.2, 0) is 13.0 Å². The smallest absolute Gasteiger partial charge is 0.337 e. The van der Waals surface area contributed by atoms with Crippen molar-refractivity contribution in [3.63, 3.8) is 0 Å². The monoisotopic (exact) mass is 407 g/mol. The van der Waals surface area contributed by atoms with E-state index in [1.807, 2.05) is 0 Å². The van der Waals surface area contributed by atoms with E-state index < -0.39 is 35.6 Å². The summed E-state index contributed by atoms with van der Waals surface area (Å²) in [7, 11) is 0. The Morgan fingerprint density at radius 3 is 2.46 bits per heavy atom. The largest absolute Gasteiger partial charge is 0.488 e. The molecule has 0 saturated heterocycles. The van der Waals surface area contributed by atoms with Gasteiger partial charge in [0.2, 0.25) is 0 Å².